The minimum absolute atomic E-state index is 0.0983. The van der Waals surface area contributed by atoms with Crippen molar-refractivity contribution < 1.29 is 0 Å². The molecule has 0 aliphatic heterocycles. The zero-order valence-electron chi connectivity index (χ0n) is 11.7. The Hall–Kier alpha value is -0.860. The van der Waals surface area contributed by atoms with Crippen LogP contribution in [0, 0.1) is 5.41 Å². The first-order chi connectivity index (χ1) is 8.60. The minimum atomic E-state index is 0.0983. The molecule has 1 aromatic carbocycles. The molecule has 1 atom stereocenters. The Kier molecular flexibility index (Phi) is 4.08. The third kappa shape index (κ3) is 2.60. The lowest BCUT2D eigenvalue weighted by atomic mass is 9.63. The van der Waals surface area contributed by atoms with E-state index in [1.807, 2.05) is 0 Å². The molecule has 1 aliphatic carbocycles. The van der Waals surface area contributed by atoms with Crippen LogP contribution in [-0.4, -0.2) is 12.1 Å². The van der Waals surface area contributed by atoms with Crippen LogP contribution in [0.1, 0.15) is 45.1 Å². The molecule has 3 N–H and O–H groups in total. The highest BCUT2D eigenvalue weighted by atomic mass is 15.0. The second-order valence-corrected chi connectivity index (χ2v) is 6.22. The second kappa shape index (κ2) is 5.41. The molecule has 100 valence electrons. The fourth-order valence-corrected chi connectivity index (χ4v) is 3.22. The number of nitrogens with one attached hydrogen (secondary N) is 1. The van der Waals surface area contributed by atoms with Gasteiger partial charge in [0.2, 0.25) is 0 Å². The number of rotatable bonds is 4. The molecule has 0 aromatic heterocycles. The quantitative estimate of drug-likeness (QED) is 0.857. The van der Waals surface area contributed by atoms with Crippen LogP contribution in [0.4, 0.5) is 0 Å². The van der Waals surface area contributed by atoms with Gasteiger partial charge in [-0.3, -0.25) is 0 Å². The van der Waals surface area contributed by atoms with Crippen molar-refractivity contribution in [3.05, 3.63) is 35.9 Å². The third-order valence-corrected chi connectivity index (χ3v) is 4.77. The first kappa shape index (κ1) is 13.6. The van der Waals surface area contributed by atoms with Gasteiger partial charge in [0, 0.05) is 18.6 Å². The molecule has 0 heterocycles. The SMILES string of the molecule is CC1(C)CCCCC1(CN)NCc1ccccc1. The zero-order chi connectivity index (χ0) is 13.1. The summed E-state index contributed by atoms with van der Waals surface area (Å²) in [7, 11) is 0. The first-order valence-electron chi connectivity index (χ1n) is 7.09. The number of hydrogen-bond donors (Lipinski definition) is 2. The Morgan fingerprint density at radius 1 is 1.11 bits per heavy atom. The molecule has 1 aromatic rings. The van der Waals surface area contributed by atoms with E-state index in [9.17, 15) is 0 Å². The van der Waals surface area contributed by atoms with E-state index in [-0.39, 0.29) is 11.0 Å². The third-order valence-electron chi connectivity index (χ3n) is 4.77. The van der Waals surface area contributed by atoms with Crippen molar-refractivity contribution in [2.24, 2.45) is 11.1 Å². The molecule has 0 amide bonds. The molecule has 0 bridgehead atoms. The van der Waals surface area contributed by atoms with E-state index in [1.165, 1.54) is 31.2 Å². The molecule has 2 nitrogen and oxygen atoms in total. The number of hydrogen-bond acceptors (Lipinski definition) is 2. The average molecular weight is 246 g/mol. The largest absolute Gasteiger partial charge is 0.329 e. The summed E-state index contributed by atoms with van der Waals surface area (Å²) in [6, 6.07) is 10.6. The molecule has 2 heteroatoms. The van der Waals surface area contributed by atoms with Crippen LogP contribution >= 0.6 is 0 Å². The predicted molar refractivity (Wildman–Crippen MR) is 77.3 cm³/mol. The fraction of sp³-hybridized carbons (Fsp3) is 0.625. The molecule has 0 spiro atoms. The molecule has 1 aliphatic rings. The highest BCUT2D eigenvalue weighted by Crippen LogP contribution is 2.43. The Bertz CT molecular complexity index is 372. The smallest absolute Gasteiger partial charge is 0.0358 e. The highest BCUT2D eigenvalue weighted by molar-refractivity contribution is 5.15. The number of benzene rings is 1. The van der Waals surface area contributed by atoms with Gasteiger partial charge in [-0.25, -0.2) is 0 Å². The first-order valence-corrected chi connectivity index (χ1v) is 7.09. The van der Waals surface area contributed by atoms with Crippen LogP contribution in [0.15, 0.2) is 30.3 Å². The van der Waals surface area contributed by atoms with Crippen molar-refractivity contribution in [2.75, 3.05) is 6.54 Å². The van der Waals surface area contributed by atoms with Gasteiger partial charge in [-0.05, 0) is 23.8 Å². The van der Waals surface area contributed by atoms with E-state index in [4.69, 9.17) is 5.73 Å². The summed E-state index contributed by atoms with van der Waals surface area (Å²) in [6.45, 7) is 6.36. The van der Waals surface area contributed by atoms with Gasteiger partial charge < -0.3 is 11.1 Å². The maximum Gasteiger partial charge on any atom is 0.0358 e. The van der Waals surface area contributed by atoms with E-state index in [0.29, 0.717) is 0 Å². The lowest BCUT2D eigenvalue weighted by molar-refractivity contribution is 0.0674. The zero-order valence-corrected chi connectivity index (χ0v) is 11.7. The van der Waals surface area contributed by atoms with Crippen LogP contribution in [-0.2, 0) is 6.54 Å². The Morgan fingerprint density at radius 3 is 2.39 bits per heavy atom. The van der Waals surface area contributed by atoms with Gasteiger partial charge in [-0.15, -0.1) is 0 Å². The maximum atomic E-state index is 6.12. The van der Waals surface area contributed by atoms with Gasteiger partial charge in [-0.1, -0.05) is 57.0 Å². The van der Waals surface area contributed by atoms with E-state index in [0.717, 1.165) is 13.1 Å². The van der Waals surface area contributed by atoms with E-state index in [1.54, 1.807) is 0 Å². The Balaban J connectivity index is 2.08. The van der Waals surface area contributed by atoms with E-state index in [2.05, 4.69) is 49.5 Å². The van der Waals surface area contributed by atoms with Crippen molar-refractivity contribution in [2.45, 2.75) is 51.6 Å². The second-order valence-electron chi connectivity index (χ2n) is 6.22. The summed E-state index contributed by atoms with van der Waals surface area (Å²) in [5.41, 5.74) is 7.84. The Morgan fingerprint density at radius 2 is 1.78 bits per heavy atom. The topological polar surface area (TPSA) is 38.0 Å². The van der Waals surface area contributed by atoms with Crippen LogP contribution in [0.3, 0.4) is 0 Å². The lowest BCUT2D eigenvalue weighted by Gasteiger charge is -2.50. The summed E-state index contributed by atoms with van der Waals surface area (Å²) in [5, 5.41) is 3.77. The van der Waals surface area contributed by atoms with Crippen molar-refractivity contribution >= 4 is 0 Å². The van der Waals surface area contributed by atoms with E-state index < -0.39 is 0 Å². The molecular weight excluding hydrogens is 220 g/mol. The normalized spacial score (nSPS) is 27.1. The Labute approximate surface area is 111 Å². The standard InChI is InChI=1S/C16H26N2/c1-15(2)10-6-7-11-16(15,13-17)18-12-14-8-4-3-5-9-14/h3-5,8-9,18H,6-7,10-13,17H2,1-2H3. The summed E-state index contributed by atoms with van der Waals surface area (Å²) < 4.78 is 0. The fourth-order valence-electron chi connectivity index (χ4n) is 3.22. The highest BCUT2D eigenvalue weighted by Gasteiger charge is 2.44. The molecule has 0 saturated heterocycles. The molecular formula is C16H26N2. The maximum absolute atomic E-state index is 6.12. The van der Waals surface area contributed by atoms with Gasteiger partial charge in [0.15, 0.2) is 0 Å². The molecule has 1 saturated carbocycles. The van der Waals surface area contributed by atoms with Crippen molar-refractivity contribution in [3.8, 4) is 0 Å². The van der Waals surface area contributed by atoms with Gasteiger partial charge in [0.1, 0.15) is 0 Å². The lowest BCUT2D eigenvalue weighted by Crippen LogP contribution is -2.61. The molecule has 18 heavy (non-hydrogen) atoms. The monoisotopic (exact) mass is 246 g/mol. The average Bonchev–Trinajstić information content (AvgIpc) is 2.39. The molecule has 1 fully saturated rings. The molecule has 1 unspecified atom stereocenters. The van der Waals surface area contributed by atoms with Crippen LogP contribution in [0.5, 0.6) is 0 Å². The van der Waals surface area contributed by atoms with Crippen LogP contribution < -0.4 is 11.1 Å². The molecule has 0 radical (unpaired) electrons. The van der Waals surface area contributed by atoms with Crippen molar-refractivity contribution in [1.29, 1.82) is 0 Å². The summed E-state index contributed by atoms with van der Waals surface area (Å²) in [5.74, 6) is 0. The van der Waals surface area contributed by atoms with E-state index >= 15 is 0 Å². The van der Waals surface area contributed by atoms with Gasteiger partial charge in [-0.2, -0.15) is 0 Å². The summed E-state index contributed by atoms with van der Waals surface area (Å²) in [6.07, 6.45) is 5.10. The predicted octanol–water partition coefficient (Wildman–Crippen LogP) is 3.07. The van der Waals surface area contributed by atoms with Gasteiger partial charge in [0.05, 0.1) is 0 Å². The van der Waals surface area contributed by atoms with Gasteiger partial charge in [0.25, 0.3) is 0 Å². The molecule has 2 rings (SSSR count). The minimum Gasteiger partial charge on any atom is -0.329 e. The summed E-state index contributed by atoms with van der Waals surface area (Å²) in [4.78, 5) is 0. The van der Waals surface area contributed by atoms with Crippen molar-refractivity contribution in [1.82, 2.24) is 5.32 Å². The van der Waals surface area contributed by atoms with Crippen LogP contribution in [0.25, 0.3) is 0 Å². The number of nitrogens with two attached hydrogens (primary N) is 1. The van der Waals surface area contributed by atoms with Crippen molar-refractivity contribution in [3.63, 3.8) is 0 Å². The van der Waals surface area contributed by atoms with Crippen LogP contribution in [0.2, 0.25) is 0 Å². The summed E-state index contributed by atoms with van der Waals surface area (Å²) >= 11 is 0. The van der Waals surface area contributed by atoms with Gasteiger partial charge >= 0.3 is 0 Å².